The topological polar surface area (TPSA) is 101 Å². The van der Waals surface area contributed by atoms with Crippen LogP contribution in [-0.2, 0) is 23.0 Å². The Kier molecular flexibility index (Phi) is 6.41. The molecule has 0 spiro atoms. The average Bonchev–Trinajstić information content (AvgIpc) is 3.00. The highest BCUT2D eigenvalue weighted by atomic mass is 35.5. The Balaban J connectivity index is 2.20. The molecule has 1 atom stereocenters. The first-order valence-corrected chi connectivity index (χ1v) is 11.4. The van der Waals surface area contributed by atoms with E-state index in [4.69, 9.17) is 17.3 Å². The Morgan fingerprint density at radius 1 is 1.47 bits per heavy atom. The molecule has 1 aromatic heterocycles. The molecule has 0 aliphatic heterocycles. The van der Waals surface area contributed by atoms with Crippen LogP contribution in [0.1, 0.15) is 53.9 Å². The Bertz CT molecular complexity index is 1110. The van der Waals surface area contributed by atoms with Crippen LogP contribution in [0.4, 0.5) is 4.39 Å². The van der Waals surface area contributed by atoms with Crippen LogP contribution in [0.2, 0.25) is 5.02 Å². The van der Waals surface area contributed by atoms with Crippen LogP contribution in [0, 0.1) is 0 Å². The van der Waals surface area contributed by atoms with Gasteiger partial charge in [-0.15, -0.1) is 0 Å². The Hall–Kier alpha value is -1.78. The van der Waals surface area contributed by atoms with Crippen molar-refractivity contribution in [1.82, 2.24) is 14.1 Å². The molecule has 164 valence electrons. The minimum atomic E-state index is -3.80. The molecule has 1 aliphatic carbocycles. The number of allylic oxidation sites excluding steroid dienone is 1. The monoisotopic (exact) mass is 456 g/mol. The molecule has 0 saturated heterocycles. The normalized spacial score (nSPS) is 16.9. The molecular weight excluding hydrogens is 431 g/mol. The van der Waals surface area contributed by atoms with Gasteiger partial charge in [0.15, 0.2) is 0 Å². The van der Waals surface area contributed by atoms with E-state index in [1.807, 2.05) is 13.8 Å². The van der Waals surface area contributed by atoms with Gasteiger partial charge < -0.3 is 10.8 Å². The van der Waals surface area contributed by atoms with Gasteiger partial charge in [0.05, 0.1) is 23.0 Å². The molecule has 7 nitrogen and oxygen atoms in total. The molecule has 1 aromatic carbocycles. The van der Waals surface area contributed by atoms with Gasteiger partial charge in [0.1, 0.15) is 16.8 Å². The third-order valence-electron chi connectivity index (χ3n) is 5.20. The van der Waals surface area contributed by atoms with E-state index in [0.29, 0.717) is 17.7 Å². The number of nitrogens with zero attached hydrogens (tertiary/aromatic N) is 3. The number of rotatable bonds is 6. The number of aliphatic hydroxyl groups is 1. The highest BCUT2D eigenvalue weighted by Gasteiger charge is 2.36. The van der Waals surface area contributed by atoms with Crippen LogP contribution in [-0.4, -0.2) is 48.3 Å². The molecule has 0 bridgehead atoms. The van der Waals surface area contributed by atoms with E-state index < -0.39 is 22.0 Å². The maximum Gasteiger partial charge on any atom is 0.244 e. The number of halogens is 2. The van der Waals surface area contributed by atoms with Gasteiger partial charge in [0, 0.05) is 38.2 Å². The lowest BCUT2D eigenvalue weighted by Crippen LogP contribution is -2.24. The number of fused-ring (bicyclic) bond motifs is 2. The molecular formula is C20H26ClFN4O3S. The molecule has 0 amide bonds. The standard InChI is InChI=1S/C20H26ClFN4O3S/c1-11(2)18-14-9-12-5-6-15(30(28,29)25(3)4)17(21)16(12)20(27)19(14)26(24-18)10-13(22)7-8-23/h5-7,11,20,27H,8-10,23H2,1-4H3/b13-7-. The largest absolute Gasteiger partial charge is 0.382 e. The van der Waals surface area contributed by atoms with Gasteiger partial charge in [-0.2, -0.15) is 5.10 Å². The van der Waals surface area contributed by atoms with Crippen LogP contribution >= 0.6 is 11.6 Å². The molecule has 1 unspecified atom stereocenters. The molecule has 0 fully saturated rings. The summed E-state index contributed by atoms with van der Waals surface area (Å²) in [6.45, 7) is 3.82. The van der Waals surface area contributed by atoms with Crippen LogP contribution in [0.15, 0.2) is 28.9 Å². The molecule has 1 aliphatic rings. The van der Waals surface area contributed by atoms with Gasteiger partial charge in [-0.1, -0.05) is 31.5 Å². The maximum atomic E-state index is 14.2. The number of hydrogen-bond donors (Lipinski definition) is 2. The number of aromatic nitrogens is 2. The highest BCUT2D eigenvalue weighted by molar-refractivity contribution is 7.89. The van der Waals surface area contributed by atoms with Crippen molar-refractivity contribution in [3.05, 3.63) is 57.1 Å². The molecule has 3 N–H and O–H groups in total. The first-order chi connectivity index (χ1) is 14.0. The summed E-state index contributed by atoms with van der Waals surface area (Å²) < 4.78 is 42.0. The van der Waals surface area contributed by atoms with E-state index in [1.165, 1.54) is 30.9 Å². The molecule has 0 radical (unpaired) electrons. The third-order valence-corrected chi connectivity index (χ3v) is 7.58. The number of sulfonamides is 1. The summed E-state index contributed by atoms with van der Waals surface area (Å²) in [5, 5.41) is 15.7. The Labute approximate surface area is 181 Å². The summed E-state index contributed by atoms with van der Waals surface area (Å²) in [7, 11) is -0.976. The zero-order valence-corrected chi connectivity index (χ0v) is 18.9. The molecule has 30 heavy (non-hydrogen) atoms. The minimum Gasteiger partial charge on any atom is -0.382 e. The van der Waals surface area contributed by atoms with E-state index in [2.05, 4.69) is 5.10 Å². The SMILES string of the molecule is CC(C)c1nn(C/C(F)=C/CN)c2c1Cc1ccc(S(=O)(=O)N(C)C)c(Cl)c1C2O. The average molecular weight is 457 g/mol. The summed E-state index contributed by atoms with van der Waals surface area (Å²) in [6.07, 6.45) is 0.430. The number of hydrogen-bond acceptors (Lipinski definition) is 5. The van der Waals surface area contributed by atoms with E-state index in [0.717, 1.165) is 21.1 Å². The van der Waals surface area contributed by atoms with Gasteiger partial charge in [0.25, 0.3) is 0 Å². The minimum absolute atomic E-state index is 0.0313. The predicted octanol–water partition coefficient (Wildman–Crippen LogP) is 2.71. The van der Waals surface area contributed by atoms with Crippen molar-refractivity contribution in [3.8, 4) is 0 Å². The second-order valence-electron chi connectivity index (χ2n) is 7.77. The number of aliphatic hydroxyl groups excluding tert-OH is 1. The van der Waals surface area contributed by atoms with E-state index >= 15 is 0 Å². The quantitative estimate of drug-likeness (QED) is 0.695. The van der Waals surface area contributed by atoms with Crippen molar-refractivity contribution in [2.45, 2.75) is 43.7 Å². The van der Waals surface area contributed by atoms with E-state index in [-0.39, 0.29) is 28.9 Å². The van der Waals surface area contributed by atoms with Crippen molar-refractivity contribution in [2.75, 3.05) is 20.6 Å². The fourth-order valence-corrected chi connectivity index (χ4v) is 5.27. The summed E-state index contributed by atoms with van der Waals surface area (Å²) >= 11 is 6.50. The zero-order chi connectivity index (χ0) is 22.4. The fourth-order valence-electron chi connectivity index (χ4n) is 3.72. The van der Waals surface area contributed by atoms with Gasteiger partial charge in [-0.05, 0) is 23.6 Å². The van der Waals surface area contributed by atoms with Gasteiger partial charge in [-0.3, -0.25) is 4.68 Å². The first kappa shape index (κ1) is 22.9. The Morgan fingerprint density at radius 2 is 2.13 bits per heavy atom. The van der Waals surface area contributed by atoms with Gasteiger partial charge in [-0.25, -0.2) is 17.1 Å². The van der Waals surface area contributed by atoms with Crippen LogP contribution < -0.4 is 5.73 Å². The highest BCUT2D eigenvalue weighted by Crippen LogP contribution is 2.43. The lowest BCUT2D eigenvalue weighted by molar-refractivity contribution is 0.202. The molecule has 2 aromatic rings. The van der Waals surface area contributed by atoms with Crippen molar-refractivity contribution < 1.29 is 17.9 Å². The lowest BCUT2D eigenvalue weighted by atomic mass is 9.85. The van der Waals surface area contributed by atoms with Crippen molar-refractivity contribution in [1.29, 1.82) is 0 Å². The summed E-state index contributed by atoms with van der Waals surface area (Å²) in [4.78, 5) is -0.0835. The van der Waals surface area contributed by atoms with E-state index in [9.17, 15) is 17.9 Å². The maximum absolute atomic E-state index is 14.2. The number of benzene rings is 1. The van der Waals surface area contributed by atoms with Crippen molar-refractivity contribution in [2.24, 2.45) is 5.73 Å². The summed E-state index contributed by atoms with van der Waals surface area (Å²) in [6, 6.07) is 3.12. The molecule has 10 heteroatoms. The van der Waals surface area contributed by atoms with Crippen LogP contribution in [0.3, 0.4) is 0 Å². The van der Waals surface area contributed by atoms with E-state index in [1.54, 1.807) is 6.07 Å². The molecule has 0 saturated carbocycles. The smallest absolute Gasteiger partial charge is 0.244 e. The predicted molar refractivity (Wildman–Crippen MR) is 114 cm³/mol. The second-order valence-corrected chi connectivity index (χ2v) is 10.3. The fraction of sp³-hybridized carbons (Fsp3) is 0.450. The molecule has 3 rings (SSSR count). The zero-order valence-electron chi connectivity index (χ0n) is 17.4. The number of nitrogens with two attached hydrogens (primary N) is 1. The van der Waals surface area contributed by atoms with Crippen LogP contribution in [0.5, 0.6) is 0 Å². The van der Waals surface area contributed by atoms with Gasteiger partial charge >= 0.3 is 0 Å². The Morgan fingerprint density at radius 3 is 2.70 bits per heavy atom. The van der Waals surface area contributed by atoms with Crippen molar-refractivity contribution >= 4 is 21.6 Å². The summed E-state index contributed by atoms with van der Waals surface area (Å²) in [5.41, 5.74) is 8.42. The lowest BCUT2D eigenvalue weighted by Gasteiger charge is -2.26. The van der Waals surface area contributed by atoms with Crippen molar-refractivity contribution in [3.63, 3.8) is 0 Å². The van der Waals surface area contributed by atoms with Gasteiger partial charge in [0.2, 0.25) is 10.0 Å². The van der Waals surface area contributed by atoms with Crippen LogP contribution in [0.25, 0.3) is 0 Å². The third kappa shape index (κ3) is 3.80. The summed E-state index contributed by atoms with van der Waals surface area (Å²) in [5.74, 6) is -0.412. The second kappa shape index (κ2) is 8.39. The first-order valence-electron chi connectivity index (χ1n) is 9.56. The molecule has 1 heterocycles.